The van der Waals surface area contributed by atoms with Gasteiger partial charge in [-0.05, 0) is 37.3 Å². The Kier molecular flexibility index (Phi) is 3.83. The molecule has 2 aromatic rings. The quantitative estimate of drug-likeness (QED) is 0.935. The van der Waals surface area contributed by atoms with Gasteiger partial charge in [0.25, 0.3) is 0 Å². The Labute approximate surface area is 115 Å². The number of rotatable bonds is 3. The van der Waals surface area contributed by atoms with Crippen molar-refractivity contribution in [1.29, 1.82) is 5.26 Å². The largest absolute Gasteiger partial charge is 0.325 e. The maximum atomic E-state index is 11.3. The highest BCUT2D eigenvalue weighted by atomic mass is 35.5. The molecule has 0 spiro atoms. The Morgan fingerprint density at radius 3 is 2.68 bits per heavy atom. The lowest BCUT2D eigenvalue weighted by molar-refractivity contribution is -0.115. The Balaban J connectivity index is 2.17. The fraction of sp³-hybridized carbons (Fsp3) is 0.154. The molecule has 1 aromatic heterocycles. The molecule has 96 valence electrons. The second-order valence-electron chi connectivity index (χ2n) is 3.95. The van der Waals surface area contributed by atoms with E-state index in [0.717, 1.165) is 11.4 Å². The molecule has 1 heterocycles. The van der Waals surface area contributed by atoms with Gasteiger partial charge in [0.1, 0.15) is 11.6 Å². The first-order chi connectivity index (χ1) is 9.10. The molecule has 1 aromatic carbocycles. The van der Waals surface area contributed by atoms with Crippen LogP contribution in [-0.2, 0) is 4.79 Å². The number of anilines is 1. The molecular weight excluding hydrogens is 264 g/mol. The fourth-order valence-electron chi connectivity index (χ4n) is 1.61. The predicted molar refractivity (Wildman–Crippen MR) is 72.2 cm³/mol. The van der Waals surface area contributed by atoms with Crippen molar-refractivity contribution in [2.24, 2.45) is 0 Å². The van der Waals surface area contributed by atoms with Gasteiger partial charge in [-0.1, -0.05) is 11.6 Å². The third-order valence-electron chi connectivity index (χ3n) is 2.42. The summed E-state index contributed by atoms with van der Waals surface area (Å²) in [6.07, 6.45) is -0.161. The Bertz CT molecular complexity index is 640. The second-order valence-corrected chi connectivity index (χ2v) is 4.34. The molecule has 0 radical (unpaired) electrons. The van der Waals surface area contributed by atoms with E-state index < -0.39 is 0 Å². The highest BCUT2D eigenvalue weighted by Gasteiger charge is 2.06. The van der Waals surface area contributed by atoms with Gasteiger partial charge in [0.2, 0.25) is 5.91 Å². The van der Waals surface area contributed by atoms with Crippen LogP contribution in [0.3, 0.4) is 0 Å². The lowest BCUT2D eigenvalue weighted by atomic mass is 10.2. The number of nitrogens with zero attached hydrogens (tertiary/aromatic N) is 3. The molecular formula is C13H11ClN4O. The number of carbonyl (C=O) groups is 1. The van der Waals surface area contributed by atoms with Crippen LogP contribution in [0.1, 0.15) is 12.1 Å². The number of benzene rings is 1. The first-order valence-corrected chi connectivity index (χ1v) is 5.97. The summed E-state index contributed by atoms with van der Waals surface area (Å²) in [7, 11) is 0. The first kappa shape index (κ1) is 13.1. The third kappa shape index (κ3) is 3.12. The van der Waals surface area contributed by atoms with Crippen LogP contribution < -0.4 is 5.32 Å². The topological polar surface area (TPSA) is 70.7 Å². The van der Waals surface area contributed by atoms with E-state index in [0.29, 0.717) is 10.8 Å². The number of carbonyl (C=O) groups excluding carboxylic acids is 1. The van der Waals surface area contributed by atoms with Crippen molar-refractivity contribution in [2.75, 3.05) is 5.32 Å². The predicted octanol–water partition coefficient (Wildman–Crippen LogP) is 2.69. The molecule has 5 nitrogen and oxygen atoms in total. The minimum absolute atomic E-state index is 0.161. The average molecular weight is 275 g/mol. The molecule has 0 aliphatic rings. The minimum atomic E-state index is -0.330. The highest BCUT2D eigenvalue weighted by molar-refractivity contribution is 6.29. The number of amides is 1. The maximum Gasteiger partial charge on any atom is 0.238 e. The summed E-state index contributed by atoms with van der Waals surface area (Å²) in [5.74, 6) is -0.330. The molecule has 0 saturated heterocycles. The van der Waals surface area contributed by atoms with E-state index >= 15 is 0 Å². The Morgan fingerprint density at radius 1 is 1.47 bits per heavy atom. The number of hydrogen-bond donors (Lipinski definition) is 1. The van der Waals surface area contributed by atoms with Crippen LogP contribution in [0.5, 0.6) is 0 Å². The number of aromatic nitrogens is 2. The summed E-state index contributed by atoms with van der Waals surface area (Å²) < 4.78 is 1.61. The summed E-state index contributed by atoms with van der Waals surface area (Å²) in [6.45, 7) is 1.86. The van der Waals surface area contributed by atoms with Crippen molar-refractivity contribution in [3.8, 4) is 11.8 Å². The SMILES string of the molecule is Cc1cc(Cl)n(-c2ccc(NC(=O)CC#N)cc2)n1. The van der Waals surface area contributed by atoms with Crippen molar-refractivity contribution in [1.82, 2.24) is 9.78 Å². The molecule has 0 aliphatic carbocycles. The number of halogens is 1. The number of nitrogens with one attached hydrogen (secondary N) is 1. The van der Waals surface area contributed by atoms with Crippen LogP contribution in [-0.4, -0.2) is 15.7 Å². The number of nitriles is 1. The summed E-state index contributed by atoms with van der Waals surface area (Å²) in [6, 6.07) is 10.6. The summed E-state index contributed by atoms with van der Waals surface area (Å²) in [4.78, 5) is 11.3. The second kappa shape index (κ2) is 5.55. The monoisotopic (exact) mass is 274 g/mol. The van der Waals surface area contributed by atoms with Crippen molar-refractivity contribution in [3.05, 3.63) is 41.2 Å². The zero-order chi connectivity index (χ0) is 13.8. The normalized spacial score (nSPS) is 9.95. The van der Waals surface area contributed by atoms with E-state index in [2.05, 4.69) is 10.4 Å². The number of hydrogen-bond acceptors (Lipinski definition) is 3. The lowest BCUT2D eigenvalue weighted by Gasteiger charge is -2.06. The van der Waals surface area contributed by atoms with Crippen LogP contribution in [0.25, 0.3) is 5.69 Å². The molecule has 0 atom stereocenters. The van der Waals surface area contributed by atoms with E-state index in [1.54, 1.807) is 41.1 Å². The molecule has 2 rings (SSSR count). The van der Waals surface area contributed by atoms with Gasteiger partial charge in [0.15, 0.2) is 0 Å². The average Bonchev–Trinajstić information content (AvgIpc) is 2.70. The summed E-state index contributed by atoms with van der Waals surface area (Å²) in [5, 5.41) is 15.8. The van der Waals surface area contributed by atoms with Crippen molar-refractivity contribution >= 4 is 23.2 Å². The zero-order valence-electron chi connectivity index (χ0n) is 10.2. The summed E-state index contributed by atoms with van der Waals surface area (Å²) >= 11 is 6.04. The van der Waals surface area contributed by atoms with Gasteiger partial charge in [-0.3, -0.25) is 4.79 Å². The molecule has 0 fully saturated rings. The molecule has 0 unspecified atom stereocenters. The van der Waals surface area contributed by atoms with Crippen LogP contribution in [0.4, 0.5) is 5.69 Å². The lowest BCUT2D eigenvalue weighted by Crippen LogP contribution is -2.10. The van der Waals surface area contributed by atoms with Crippen LogP contribution in [0, 0.1) is 18.3 Å². The van der Waals surface area contributed by atoms with E-state index in [9.17, 15) is 4.79 Å². The fourth-order valence-corrected chi connectivity index (χ4v) is 1.91. The van der Waals surface area contributed by atoms with Gasteiger partial charge in [0.05, 0.1) is 17.5 Å². The molecule has 1 amide bonds. The van der Waals surface area contributed by atoms with Gasteiger partial charge < -0.3 is 5.32 Å². The molecule has 0 bridgehead atoms. The molecule has 6 heteroatoms. The Morgan fingerprint density at radius 2 is 2.16 bits per heavy atom. The van der Waals surface area contributed by atoms with Gasteiger partial charge in [0, 0.05) is 5.69 Å². The van der Waals surface area contributed by atoms with Crippen LogP contribution in [0.2, 0.25) is 5.15 Å². The molecule has 19 heavy (non-hydrogen) atoms. The first-order valence-electron chi connectivity index (χ1n) is 5.59. The van der Waals surface area contributed by atoms with Crippen LogP contribution in [0.15, 0.2) is 30.3 Å². The zero-order valence-corrected chi connectivity index (χ0v) is 11.0. The molecule has 0 saturated carbocycles. The van der Waals surface area contributed by atoms with Crippen molar-refractivity contribution in [2.45, 2.75) is 13.3 Å². The van der Waals surface area contributed by atoms with E-state index in [1.807, 2.05) is 6.92 Å². The van der Waals surface area contributed by atoms with Gasteiger partial charge in [-0.15, -0.1) is 0 Å². The van der Waals surface area contributed by atoms with Crippen molar-refractivity contribution < 1.29 is 4.79 Å². The van der Waals surface area contributed by atoms with Gasteiger partial charge in [-0.25, -0.2) is 4.68 Å². The van der Waals surface area contributed by atoms with Gasteiger partial charge in [-0.2, -0.15) is 10.4 Å². The maximum absolute atomic E-state index is 11.3. The van der Waals surface area contributed by atoms with E-state index in [-0.39, 0.29) is 12.3 Å². The minimum Gasteiger partial charge on any atom is -0.325 e. The molecule has 0 aliphatic heterocycles. The van der Waals surface area contributed by atoms with Crippen LogP contribution >= 0.6 is 11.6 Å². The standard InChI is InChI=1S/C13H11ClN4O/c1-9-8-12(14)18(17-9)11-4-2-10(3-5-11)16-13(19)6-7-15/h2-5,8H,6H2,1H3,(H,16,19). The van der Waals surface area contributed by atoms with Gasteiger partial charge >= 0.3 is 0 Å². The summed E-state index contributed by atoms with van der Waals surface area (Å²) in [5.41, 5.74) is 2.26. The van der Waals surface area contributed by atoms with E-state index in [1.165, 1.54) is 0 Å². The van der Waals surface area contributed by atoms with E-state index in [4.69, 9.17) is 16.9 Å². The molecule has 1 N–H and O–H groups in total. The van der Waals surface area contributed by atoms with Crippen molar-refractivity contribution in [3.63, 3.8) is 0 Å². The third-order valence-corrected chi connectivity index (χ3v) is 2.69. The Hall–Kier alpha value is -2.32. The smallest absolute Gasteiger partial charge is 0.238 e. The highest BCUT2D eigenvalue weighted by Crippen LogP contribution is 2.19. The number of aryl methyl sites for hydroxylation is 1.